The Balaban J connectivity index is 1.84. The quantitative estimate of drug-likeness (QED) is 0.774. The zero-order valence-corrected chi connectivity index (χ0v) is 16.0. The highest BCUT2D eigenvalue weighted by Gasteiger charge is 2.37. The maximum Gasteiger partial charge on any atom is 0.422 e. The highest BCUT2D eigenvalue weighted by molar-refractivity contribution is 6.02. The van der Waals surface area contributed by atoms with Gasteiger partial charge in [-0.15, -0.1) is 0 Å². The van der Waals surface area contributed by atoms with E-state index in [4.69, 9.17) is 4.74 Å². The summed E-state index contributed by atoms with van der Waals surface area (Å²) in [5, 5.41) is 12.2. The molecule has 3 rings (SSSR count). The van der Waals surface area contributed by atoms with Crippen LogP contribution in [-0.2, 0) is 11.3 Å². The van der Waals surface area contributed by atoms with Gasteiger partial charge in [-0.2, -0.15) is 13.2 Å². The summed E-state index contributed by atoms with van der Waals surface area (Å²) in [6.07, 6.45) is -1.46. The van der Waals surface area contributed by atoms with Crippen LogP contribution < -0.4 is 5.32 Å². The van der Waals surface area contributed by atoms with Gasteiger partial charge in [0.25, 0.3) is 5.91 Å². The largest absolute Gasteiger partial charge is 0.477 e. The molecule has 2 unspecified atom stereocenters. The summed E-state index contributed by atoms with van der Waals surface area (Å²) in [7, 11) is 0. The predicted molar refractivity (Wildman–Crippen MR) is 95.9 cm³/mol. The second kappa shape index (κ2) is 7.41. The molecule has 7 nitrogen and oxygen atoms in total. The van der Waals surface area contributed by atoms with Gasteiger partial charge in [0.05, 0.1) is 6.04 Å². The van der Waals surface area contributed by atoms with Crippen LogP contribution in [-0.4, -0.2) is 51.7 Å². The zero-order valence-electron chi connectivity index (χ0n) is 16.0. The summed E-state index contributed by atoms with van der Waals surface area (Å²) in [5.41, 5.74) is 1.74. The smallest absolute Gasteiger partial charge is 0.422 e. The summed E-state index contributed by atoms with van der Waals surface area (Å²) in [6.45, 7) is 3.85. The predicted octanol–water partition coefficient (Wildman–Crippen LogP) is 2.85. The van der Waals surface area contributed by atoms with Crippen LogP contribution in [0.15, 0.2) is 35.4 Å². The Hall–Kier alpha value is -3.04. The van der Waals surface area contributed by atoms with Crippen LogP contribution in [0, 0.1) is 0 Å². The summed E-state index contributed by atoms with van der Waals surface area (Å²) >= 11 is 0. The Morgan fingerprint density at radius 3 is 2.79 bits per heavy atom. The van der Waals surface area contributed by atoms with Gasteiger partial charge in [-0.1, -0.05) is 6.08 Å². The summed E-state index contributed by atoms with van der Waals surface area (Å²) in [5.74, 6) is -1.48. The van der Waals surface area contributed by atoms with Gasteiger partial charge in [-0.3, -0.25) is 4.79 Å². The van der Waals surface area contributed by atoms with Crippen molar-refractivity contribution in [1.82, 2.24) is 15.2 Å². The van der Waals surface area contributed by atoms with Crippen LogP contribution in [0.5, 0.6) is 0 Å². The number of alkyl halides is 3. The van der Waals surface area contributed by atoms with Crippen LogP contribution in [0.1, 0.15) is 47.2 Å². The Labute approximate surface area is 164 Å². The molecule has 2 aliphatic heterocycles. The first kappa shape index (κ1) is 20.7. The second-order valence-corrected chi connectivity index (χ2v) is 7.03. The Bertz CT molecular complexity index is 924. The number of carbonyl (C=O) groups is 2. The number of hydrogen-bond acceptors (Lipinski definition) is 5. The molecule has 0 fully saturated rings. The number of carboxylic acid groups (broad SMARTS) is 1. The van der Waals surface area contributed by atoms with E-state index >= 15 is 0 Å². The van der Waals surface area contributed by atoms with E-state index in [2.05, 4.69) is 10.3 Å². The van der Waals surface area contributed by atoms with E-state index in [0.717, 1.165) is 5.57 Å². The van der Waals surface area contributed by atoms with Gasteiger partial charge >= 0.3 is 12.1 Å². The molecule has 1 amide bonds. The van der Waals surface area contributed by atoms with E-state index in [1.807, 2.05) is 0 Å². The third-order valence-electron chi connectivity index (χ3n) is 5.00. The molecule has 0 saturated heterocycles. The number of carboxylic acids is 1. The molecule has 0 aliphatic carbocycles. The minimum Gasteiger partial charge on any atom is -0.477 e. The maximum absolute atomic E-state index is 12.8. The highest BCUT2D eigenvalue weighted by atomic mass is 19.4. The topological polar surface area (TPSA) is 91.8 Å². The molecule has 0 radical (unpaired) electrons. The van der Waals surface area contributed by atoms with E-state index in [1.165, 1.54) is 17.2 Å². The van der Waals surface area contributed by atoms with Gasteiger partial charge in [0.2, 0.25) is 0 Å². The lowest BCUT2D eigenvalue weighted by Gasteiger charge is -2.34. The molecule has 1 aromatic rings. The lowest BCUT2D eigenvalue weighted by molar-refractivity contribution is -0.166. The van der Waals surface area contributed by atoms with Crippen molar-refractivity contribution in [2.24, 2.45) is 0 Å². The summed E-state index contributed by atoms with van der Waals surface area (Å²) in [6, 6.07) is 0.686. The summed E-state index contributed by atoms with van der Waals surface area (Å²) < 4.78 is 42.1. The fourth-order valence-electron chi connectivity index (χ4n) is 3.55. The standard InChI is InChI=1S/C19H20F3N3O4/c1-9-6-13(10(2)24-16(9)29-8-19(20,21)22)11(3)25-7-14-12(17(25)26)4-5-23-15(14)18(27)28/h4-6,10-11,24H,7-8H2,1-3H3,(H,27,28). The van der Waals surface area contributed by atoms with Crippen molar-refractivity contribution in [2.75, 3.05) is 6.61 Å². The zero-order chi connectivity index (χ0) is 21.5. The number of fused-ring (bicyclic) bond motifs is 1. The number of amides is 1. The molecular weight excluding hydrogens is 391 g/mol. The van der Waals surface area contributed by atoms with E-state index in [9.17, 15) is 27.9 Å². The van der Waals surface area contributed by atoms with Crippen molar-refractivity contribution in [1.29, 1.82) is 0 Å². The van der Waals surface area contributed by atoms with Crippen LogP contribution in [0.2, 0.25) is 0 Å². The van der Waals surface area contributed by atoms with Crippen molar-refractivity contribution >= 4 is 11.9 Å². The average Bonchev–Trinajstić information content (AvgIpc) is 2.97. The van der Waals surface area contributed by atoms with E-state index in [-0.39, 0.29) is 30.1 Å². The normalized spacial score (nSPS) is 20.2. The fourth-order valence-corrected chi connectivity index (χ4v) is 3.55. The molecule has 2 atom stereocenters. The highest BCUT2D eigenvalue weighted by Crippen LogP contribution is 2.31. The number of rotatable bonds is 5. The van der Waals surface area contributed by atoms with Gasteiger partial charge < -0.3 is 20.1 Å². The van der Waals surface area contributed by atoms with Crippen LogP contribution in [0.25, 0.3) is 0 Å². The maximum atomic E-state index is 12.8. The number of aromatic carboxylic acids is 1. The van der Waals surface area contributed by atoms with Gasteiger partial charge in [-0.05, 0) is 32.4 Å². The Morgan fingerprint density at radius 2 is 2.17 bits per heavy atom. The van der Waals surface area contributed by atoms with Crippen molar-refractivity contribution in [3.63, 3.8) is 0 Å². The molecule has 0 aromatic carbocycles. The molecule has 1 aromatic heterocycles. The van der Waals surface area contributed by atoms with Crippen molar-refractivity contribution in [3.05, 3.63) is 52.2 Å². The first-order valence-electron chi connectivity index (χ1n) is 8.90. The molecule has 0 bridgehead atoms. The number of aromatic nitrogens is 1. The number of nitrogens with one attached hydrogen (secondary N) is 1. The SMILES string of the molecule is CC1=C(OCC(F)(F)F)NC(C)C(C(C)N2Cc3c(ccnc3C(=O)O)C2=O)=C1. The molecule has 3 heterocycles. The molecule has 29 heavy (non-hydrogen) atoms. The minimum atomic E-state index is -4.45. The van der Waals surface area contributed by atoms with Gasteiger partial charge in [0, 0.05) is 35.5 Å². The molecule has 0 saturated carbocycles. The molecule has 0 spiro atoms. The van der Waals surface area contributed by atoms with Crippen LogP contribution in [0.3, 0.4) is 0 Å². The van der Waals surface area contributed by atoms with Crippen molar-refractivity contribution in [3.8, 4) is 0 Å². The molecule has 156 valence electrons. The molecular formula is C19H20F3N3O4. The number of ether oxygens (including phenoxy) is 1. The molecule has 2 aliphatic rings. The number of allylic oxidation sites excluding steroid dienone is 2. The average molecular weight is 411 g/mol. The number of halogens is 3. The lowest BCUT2D eigenvalue weighted by Crippen LogP contribution is -2.43. The monoisotopic (exact) mass is 411 g/mol. The first-order chi connectivity index (χ1) is 13.5. The minimum absolute atomic E-state index is 0.0409. The summed E-state index contributed by atoms with van der Waals surface area (Å²) in [4.78, 5) is 29.6. The van der Waals surface area contributed by atoms with Gasteiger partial charge in [0.1, 0.15) is 0 Å². The third-order valence-corrected chi connectivity index (χ3v) is 5.00. The van der Waals surface area contributed by atoms with Crippen LogP contribution in [0.4, 0.5) is 13.2 Å². The number of carbonyl (C=O) groups excluding carboxylic acids is 1. The third kappa shape index (κ3) is 4.06. The van der Waals surface area contributed by atoms with Gasteiger partial charge in [0.15, 0.2) is 18.2 Å². The number of dihydropyridines is 1. The fraction of sp³-hybridized carbons (Fsp3) is 0.421. The van der Waals surface area contributed by atoms with E-state index in [0.29, 0.717) is 16.7 Å². The Kier molecular flexibility index (Phi) is 5.29. The van der Waals surface area contributed by atoms with Crippen molar-refractivity contribution in [2.45, 2.75) is 45.6 Å². The molecule has 10 heteroatoms. The number of pyridine rings is 1. The van der Waals surface area contributed by atoms with E-state index < -0.39 is 24.8 Å². The number of hydrogen-bond donors (Lipinski definition) is 2. The van der Waals surface area contributed by atoms with Crippen molar-refractivity contribution < 1.29 is 32.6 Å². The number of nitrogens with zero attached hydrogens (tertiary/aromatic N) is 2. The Morgan fingerprint density at radius 1 is 1.48 bits per heavy atom. The second-order valence-electron chi connectivity index (χ2n) is 7.03. The van der Waals surface area contributed by atoms with Crippen LogP contribution >= 0.6 is 0 Å². The van der Waals surface area contributed by atoms with E-state index in [1.54, 1.807) is 26.8 Å². The molecule has 2 N–H and O–H groups in total. The van der Waals surface area contributed by atoms with Gasteiger partial charge in [-0.25, -0.2) is 9.78 Å². The first-order valence-corrected chi connectivity index (χ1v) is 8.90. The lowest BCUT2D eigenvalue weighted by atomic mass is 9.95.